The lowest BCUT2D eigenvalue weighted by molar-refractivity contribution is 0.404. The third-order valence-electron chi connectivity index (χ3n) is 1.89. The van der Waals surface area contributed by atoms with Gasteiger partial charge in [-0.3, -0.25) is 0 Å². The number of hydrogen-bond donors (Lipinski definition) is 2. The van der Waals surface area contributed by atoms with Gasteiger partial charge >= 0.3 is 0 Å². The van der Waals surface area contributed by atoms with Crippen molar-refractivity contribution in [2.45, 2.75) is 6.04 Å². The molecule has 0 heterocycles. The molecule has 0 aliphatic heterocycles. The van der Waals surface area contributed by atoms with Crippen molar-refractivity contribution < 1.29 is 9.13 Å². The summed E-state index contributed by atoms with van der Waals surface area (Å²) < 4.78 is 18.0. The van der Waals surface area contributed by atoms with Gasteiger partial charge in [-0.2, -0.15) is 0 Å². The summed E-state index contributed by atoms with van der Waals surface area (Å²) in [6.07, 6.45) is 0. The van der Waals surface area contributed by atoms with Crippen molar-refractivity contribution in [1.82, 2.24) is 0 Å². The smallest absolute Gasteiger partial charge is 0.142 e. The Labute approximate surface area is 86.8 Å². The molecule has 0 aromatic heterocycles. The molecule has 1 atom stereocenters. The molecule has 5 heteroatoms. The number of nitrogens with two attached hydrogens (primary N) is 2. The third-order valence-corrected chi connectivity index (χ3v) is 2.18. The van der Waals surface area contributed by atoms with Crippen LogP contribution in [0.2, 0.25) is 5.02 Å². The molecule has 3 nitrogen and oxygen atoms in total. The molecular formula is C9H12ClFN2O. The van der Waals surface area contributed by atoms with Crippen LogP contribution < -0.4 is 16.2 Å². The summed E-state index contributed by atoms with van der Waals surface area (Å²) in [5.41, 5.74) is 11.5. The van der Waals surface area contributed by atoms with Gasteiger partial charge in [0.2, 0.25) is 0 Å². The van der Waals surface area contributed by atoms with E-state index in [1.165, 1.54) is 19.2 Å². The number of ether oxygens (including phenoxy) is 1. The molecule has 0 spiro atoms. The lowest BCUT2D eigenvalue weighted by Gasteiger charge is -2.15. The zero-order valence-corrected chi connectivity index (χ0v) is 8.51. The lowest BCUT2D eigenvalue weighted by atomic mass is 10.1. The second kappa shape index (κ2) is 4.59. The van der Waals surface area contributed by atoms with Gasteiger partial charge in [0.15, 0.2) is 0 Å². The van der Waals surface area contributed by atoms with Crippen LogP contribution in [0.25, 0.3) is 0 Å². The molecule has 0 aliphatic rings. The van der Waals surface area contributed by atoms with E-state index in [0.29, 0.717) is 11.3 Å². The first-order valence-corrected chi connectivity index (χ1v) is 4.46. The average molecular weight is 219 g/mol. The first kappa shape index (κ1) is 11.2. The Hall–Kier alpha value is -0.840. The van der Waals surface area contributed by atoms with Gasteiger partial charge in [-0.25, -0.2) is 4.39 Å². The zero-order valence-electron chi connectivity index (χ0n) is 7.76. The maximum Gasteiger partial charge on any atom is 0.142 e. The number of halogens is 2. The highest BCUT2D eigenvalue weighted by atomic mass is 35.5. The Morgan fingerprint density at radius 1 is 1.57 bits per heavy atom. The van der Waals surface area contributed by atoms with Gasteiger partial charge in [0.05, 0.1) is 12.1 Å². The summed E-state index contributed by atoms with van der Waals surface area (Å²) in [4.78, 5) is 0. The SMILES string of the molecule is COc1c(Cl)cc(F)cc1C(N)CN. The van der Waals surface area contributed by atoms with Crippen LogP contribution in [0.15, 0.2) is 12.1 Å². The molecule has 1 aromatic carbocycles. The summed E-state index contributed by atoms with van der Waals surface area (Å²) in [6, 6.07) is 1.98. The van der Waals surface area contributed by atoms with Crippen LogP contribution in [-0.4, -0.2) is 13.7 Å². The van der Waals surface area contributed by atoms with Gasteiger partial charge in [0.1, 0.15) is 11.6 Å². The van der Waals surface area contributed by atoms with Crippen LogP contribution >= 0.6 is 11.6 Å². The standard InChI is InChI=1S/C9H12ClFN2O/c1-14-9-6(8(13)4-12)2-5(11)3-7(9)10/h2-3,8H,4,12-13H2,1H3. The molecule has 0 aliphatic carbocycles. The number of hydrogen-bond acceptors (Lipinski definition) is 3. The monoisotopic (exact) mass is 218 g/mol. The Morgan fingerprint density at radius 2 is 2.21 bits per heavy atom. The molecule has 14 heavy (non-hydrogen) atoms. The van der Waals surface area contributed by atoms with Gasteiger partial charge in [-0.1, -0.05) is 11.6 Å². The summed E-state index contributed by atoms with van der Waals surface area (Å²) in [5, 5.41) is 0.200. The van der Waals surface area contributed by atoms with Gasteiger partial charge < -0.3 is 16.2 Å². The second-order valence-electron chi connectivity index (χ2n) is 2.85. The molecule has 0 saturated carbocycles. The number of methoxy groups -OCH3 is 1. The fourth-order valence-electron chi connectivity index (χ4n) is 1.20. The van der Waals surface area contributed by atoms with E-state index in [2.05, 4.69) is 0 Å². The first-order valence-electron chi connectivity index (χ1n) is 4.08. The van der Waals surface area contributed by atoms with E-state index in [0.717, 1.165) is 0 Å². The Bertz CT molecular complexity index is 333. The Morgan fingerprint density at radius 3 is 2.71 bits per heavy atom. The fraction of sp³-hybridized carbons (Fsp3) is 0.333. The number of benzene rings is 1. The normalized spacial score (nSPS) is 12.6. The minimum atomic E-state index is -0.474. The van der Waals surface area contributed by atoms with Crippen LogP contribution in [0.1, 0.15) is 11.6 Å². The molecule has 0 saturated heterocycles. The lowest BCUT2D eigenvalue weighted by Crippen LogP contribution is -2.21. The van der Waals surface area contributed by atoms with Gasteiger partial charge in [0.25, 0.3) is 0 Å². The molecule has 0 radical (unpaired) electrons. The van der Waals surface area contributed by atoms with E-state index in [1.54, 1.807) is 0 Å². The molecule has 0 bridgehead atoms. The van der Waals surface area contributed by atoms with Gasteiger partial charge in [0, 0.05) is 18.2 Å². The molecule has 0 amide bonds. The first-order chi connectivity index (χ1) is 6.60. The van der Waals surface area contributed by atoms with Crippen molar-refractivity contribution in [3.8, 4) is 5.75 Å². The highest BCUT2D eigenvalue weighted by molar-refractivity contribution is 6.32. The third kappa shape index (κ3) is 2.15. The van der Waals surface area contributed by atoms with Crippen molar-refractivity contribution in [2.75, 3.05) is 13.7 Å². The quantitative estimate of drug-likeness (QED) is 0.807. The van der Waals surface area contributed by atoms with E-state index < -0.39 is 11.9 Å². The van der Waals surface area contributed by atoms with E-state index in [-0.39, 0.29) is 11.6 Å². The maximum atomic E-state index is 13.0. The Kier molecular flexibility index (Phi) is 3.69. The van der Waals surface area contributed by atoms with Crippen molar-refractivity contribution in [1.29, 1.82) is 0 Å². The summed E-state index contributed by atoms with van der Waals surface area (Å²) in [5.74, 6) is -0.0688. The van der Waals surface area contributed by atoms with E-state index in [9.17, 15) is 4.39 Å². The second-order valence-corrected chi connectivity index (χ2v) is 3.26. The summed E-state index contributed by atoms with van der Waals surface area (Å²) in [6.45, 7) is 0.205. The van der Waals surface area contributed by atoms with Crippen molar-refractivity contribution >= 4 is 11.6 Å². The highest BCUT2D eigenvalue weighted by Gasteiger charge is 2.15. The van der Waals surface area contributed by atoms with Crippen molar-refractivity contribution in [3.05, 3.63) is 28.5 Å². The summed E-state index contributed by atoms with van der Waals surface area (Å²) in [7, 11) is 1.45. The molecule has 78 valence electrons. The number of rotatable bonds is 3. The van der Waals surface area contributed by atoms with Crippen LogP contribution in [0.3, 0.4) is 0 Å². The molecule has 0 fully saturated rings. The predicted molar refractivity (Wildman–Crippen MR) is 53.9 cm³/mol. The molecular weight excluding hydrogens is 207 g/mol. The van der Waals surface area contributed by atoms with Gasteiger partial charge in [-0.15, -0.1) is 0 Å². The van der Waals surface area contributed by atoms with E-state index >= 15 is 0 Å². The van der Waals surface area contributed by atoms with Gasteiger partial charge in [-0.05, 0) is 12.1 Å². The zero-order chi connectivity index (χ0) is 10.7. The minimum Gasteiger partial charge on any atom is -0.495 e. The molecule has 4 N–H and O–H groups in total. The molecule has 1 unspecified atom stereocenters. The minimum absolute atomic E-state index is 0.200. The van der Waals surface area contributed by atoms with E-state index in [1.807, 2.05) is 0 Å². The largest absolute Gasteiger partial charge is 0.495 e. The van der Waals surface area contributed by atoms with Crippen LogP contribution in [-0.2, 0) is 0 Å². The van der Waals surface area contributed by atoms with Crippen LogP contribution in [0.4, 0.5) is 4.39 Å². The van der Waals surface area contributed by atoms with Crippen LogP contribution in [0.5, 0.6) is 5.75 Å². The predicted octanol–water partition coefficient (Wildman–Crippen LogP) is 1.45. The summed E-state index contributed by atoms with van der Waals surface area (Å²) >= 11 is 5.77. The molecule has 1 aromatic rings. The van der Waals surface area contributed by atoms with Crippen molar-refractivity contribution in [2.24, 2.45) is 11.5 Å². The fourth-order valence-corrected chi connectivity index (χ4v) is 1.49. The van der Waals surface area contributed by atoms with Crippen LogP contribution in [0, 0.1) is 5.82 Å². The molecule has 1 rings (SSSR count). The Balaban J connectivity index is 3.24. The average Bonchev–Trinajstić information content (AvgIpc) is 2.15. The maximum absolute atomic E-state index is 13.0. The van der Waals surface area contributed by atoms with E-state index in [4.69, 9.17) is 27.8 Å². The topological polar surface area (TPSA) is 61.3 Å². The van der Waals surface area contributed by atoms with Crippen molar-refractivity contribution in [3.63, 3.8) is 0 Å². The highest BCUT2D eigenvalue weighted by Crippen LogP contribution is 2.32.